The van der Waals surface area contributed by atoms with E-state index in [-0.39, 0.29) is 11.4 Å². The van der Waals surface area contributed by atoms with Crippen molar-refractivity contribution < 1.29 is 9.53 Å². The summed E-state index contributed by atoms with van der Waals surface area (Å²) in [6, 6.07) is 5.60. The molecule has 0 radical (unpaired) electrons. The van der Waals surface area contributed by atoms with Gasteiger partial charge in [-0.3, -0.25) is 4.79 Å². The Morgan fingerprint density at radius 3 is 3.00 bits per heavy atom. The Morgan fingerprint density at radius 2 is 2.28 bits per heavy atom. The van der Waals surface area contributed by atoms with Crippen molar-refractivity contribution in [2.45, 2.75) is 31.2 Å². The SMILES string of the molecule is NC1(CNC(=O)c2ccc3c(c2)CCO3)CCC1. The summed E-state index contributed by atoms with van der Waals surface area (Å²) in [4.78, 5) is 12.0. The maximum atomic E-state index is 12.0. The lowest BCUT2D eigenvalue weighted by atomic mass is 9.78. The molecule has 1 saturated carbocycles. The monoisotopic (exact) mass is 246 g/mol. The number of benzene rings is 1. The Hall–Kier alpha value is -1.55. The fourth-order valence-corrected chi connectivity index (χ4v) is 2.49. The van der Waals surface area contributed by atoms with Crippen LogP contribution in [-0.2, 0) is 6.42 Å². The van der Waals surface area contributed by atoms with Crippen LogP contribution in [0.2, 0.25) is 0 Å². The van der Waals surface area contributed by atoms with Crippen molar-refractivity contribution in [2.75, 3.05) is 13.2 Å². The topological polar surface area (TPSA) is 64.3 Å². The average molecular weight is 246 g/mol. The molecule has 0 bridgehead atoms. The highest BCUT2D eigenvalue weighted by Gasteiger charge is 2.32. The summed E-state index contributed by atoms with van der Waals surface area (Å²) in [5, 5.41) is 2.93. The van der Waals surface area contributed by atoms with Crippen molar-refractivity contribution in [2.24, 2.45) is 5.73 Å². The molecule has 0 spiro atoms. The zero-order valence-corrected chi connectivity index (χ0v) is 10.4. The van der Waals surface area contributed by atoms with Crippen LogP contribution in [0.3, 0.4) is 0 Å². The van der Waals surface area contributed by atoms with Gasteiger partial charge in [-0.15, -0.1) is 0 Å². The molecule has 4 nitrogen and oxygen atoms in total. The molecule has 1 aromatic rings. The fourth-order valence-electron chi connectivity index (χ4n) is 2.49. The summed E-state index contributed by atoms with van der Waals surface area (Å²) < 4.78 is 5.42. The van der Waals surface area contributed by atoms with Gasteiger partial charge in [0.15, 0.2) is 0 Å². The van der Waals surface area contributed by atoms with Gasteiger partial charge < -0.3 is 15.8 Å². The smallest absolute Gasteiger partial charge is 0.251 e. The molecule has 0 aromatic heterocycles. The van der Waals surface area contributed by atoms with E-state index in [0.717, 1.165) is 30.6 Å². The maximum Gasteiger partial charge on any atom is 0.251 e. The molecule has 0 unspecified atom stereocenters. The highest BCUT2D eigenvalue weighted by atomic mass is 16.5. The molecule has 4 heteroatoms. The average Bonchev–Trinajstić information content (AvgIpc) is 2.80. The Bertz CT molecular complexity index is 481. The Labute approximate surface area is 107 Å². The van der Waals surface area contributed by atoms with E-state index >= 15 is 0 Å². The Morgan fingerprint density at radius 1 is 1.44 bits per heavy atom. The Kier molecular flexibility index (Phi) is 2.74. The third kappa shape index (κ3) is 2.08. The zero-order valence-electron chi connectivity index (χ0n) is 10.4. The summed E-state index contributed by atoms with van der Waals surface area (Å²) in [7, 11) is 0. The van der Waals surface area contributed by atoms with E-state index in [1.807, 2.05) is 18.2 Å². The summed E-state index contributed by atoms with van der Waals surface area (Å²) in [5.41, 5.74) is 7.73. The lowest BCUT2D eigenvalue weighted by Crippen LogP contribution is -2.54. The van der Waals surface area contributed by atoms with E-state index < -0.39 is 0 Å². The molecular weight excluding hydrogens is 228 g/mol. The highest BCUT2D eigenvalue weighted by molar-refractivity contribution is 5.94. The normalized spacial score (nSPS) is 19.6. The van der Waals surface area contributed by atoms with Crippen molar-refractivity contribution in [1.29, 1.82) is 0 Å². The minimum atomic E-state index is -0.171. The molecule has 18 heavy (non-hydrogen) atoms. The van der Waals surface area contributed by atoms with E-state index in [1.54, 1.807) is 0 Å². The first kappa shape index (κ1) is 11.5. The van der Waals surface area contributed by atoms with Crippen LogP contribution in [0.25, 0.3) is 0 Å². The second kappa shape index (κ2) is 4.28. The minimum absolute atomic E-state index is 0.0403. The van der Waals surface area contributed by atoms with Crippen molar-refractivity contribution in [3.05, 3.63) is 29.3 Å². The first-order valence-corrected chi connectivity index (χ1v) is 6.49. The first-order valence-electron chi connectivity index (χ1n) is 6.49. The van der Waals surface area contributed by atoms with Gasteiger partial charge in [0.1, 0.15) is 5.75 Å². The van der Waals surface area contributed by atoms with Crippen LogP contribution in [0.4, 0.5) is 0 Å². The van der Waals surface area contributed by atoms with Crippen molar-refractivity contribution in [1.82, 2.24) is 5.32 Å². The quantitative estimate of drug-likeness (QED) is 0.843. The number of nitrogens with two attached hydrogens (primary N) is 1. The van der Waals surface area contributed by atoms with Crippen LogP contribution >= 0.6 is 0 Å². The van der Waals surface area contributed by atoms with Gasteiger partial charge in [-0.05, 0) is 43.0 Å². The number of amides is 1. The molecule has 1 amide bonds. The van der Waals surface area contributed by atoms with Gasteiger partial charge in [0.2, 0.25) is 0 Å². The summed E-state index contributed by atoms with van der Waals surface area (Å²) in [5.74, 6) is 0.863. The van der Waals surface area contributed by atoms with E-state index in [0.29, 0.717) is 18.7 Å². The molecule has 3 N–H and O–H groups in total. The molecular formula is C14H18N2O2. The number of hydrogen-bond donors (Lipinski definition) is 2. The third-order valence-electron chi connectivity index (χ3n) is 3.90. The minimum Gasteiger partial charge on any atom is -0.493 e. The summed E-state index contributed by atoms with van der Waals surface area (Å²) >= 11 is 0. The van der Waals surface area contributed by atoms with Crippen LogP contribution in [0.1, 0.15) is 35.2 Å². The maximum absolute atomic E-state index is 12.0. The zero-order chi connectivity index (χ0) is 12.6. The molecule has 3 rings (SSSR count). The van der Waals surface area contributed by atoms with Crippen molar-refractivity contribution >= 4 is 5.91 Å². The number of carbonyl (C=O) groups excluding carboxylic acids is 1. The molecule has 1 aromatic carbocycles. The standard InChI is InChI=1S/C14H18N2O2/c15-14(5-1-6-14)9-16-13(17)11-2-3-12-10(8-11)4-7-18-12/h2-3,8H,1,4-7,9,15H2,(H,16,17). The van der Waals surface area contributed by atoms with Crippen LogP contribution in [0.5, 0.6) is 5.75 Å². The van der Waals surface area contributed by atoms with Gasteiger partial charge in [0.25, 0.3) is 5.91 Å². The van der Waals surface area contributed by atoms with Crippen molar-refractivity contribution in [3.8, 4) is 5.75 Å². The molecule has 0 atom stereocenters. The third-order valence-corrected chi connectivity index (χ3v) is 3.90. The first-order chi connectivity index (χ1) is 8.66. The molecule has 1 aliphatic heterocycles. The van der Waals surface area contributed by atoms with Gasteiger partial charge in [0, 0.05) is 24.1 Å². The molecule has 96 valence electrons. The van der Waals surface area contributed by atoms with Gasteiger partial charge in [-0.25, -0.2) is 0 Å². The summed E-state index contributed by atoms with van der Waals surface area (Å²) in [6.45, 7) is 1.28. The van der Waals surface area contributed by atoms with E-state index in [2.05, 4.69) is 5.32 Å². The number of nitrogens with one attached hydrogen (secondary N) is 1. The van der Waals surface area contributed by atoms with Crippen LogP contribution in [0.15, 0.2) is 18.2 Å². The molecule has 2 aliphatic rings. The second-order valence-corrected chi connectivity index (χ2v) is 5.32. The number of hydrogen-bond acceptors (Lipinski definition) is 3. The number of rotatable bonds is 3. The number of ether oxygens (including phenoxy) is 1. The number of carbonyl (C=O) groups is 1. The van der Waals surface area contributed by atoms with Gasteiger partial charge in [-0.2, -0.15) is 0 Å². The van der Waals surface area contributed by atoms with Gasteiger partial charge >= 0.3 is 0 Å². The summed E-state index contributed by atoms with van der Waals surface area (Å²) in [6.07, 6.45) is 4.07. The lowest BCUT2D eigenvalue weighted by Gasteiger charge is -2.38. The predicted molar refractivity (Wildman–Crippen MR) is 68.7 cm³/mol. The van der Waals surface area contributed by atoms with E-state index in [1.165, 1.54) is 6.42 Å². The highest BCUT2D eigenvalue weighted by Crippen LogP contribution is 2.28. The van der Waals surface area contributed by atoms with E-state index in [4.69, 9.17) is 10.5 Å². The van der Waals surface area contributed by atoms with Gasteiger partial charge in [0.05, 0.1) is 6.61 Å². The molecule has 1 aliphatic carbocycles. The largest absolute Gasteiger partial charge is 0.493 e. The van der Waals surface area contributed by atoms with E-state index in [9.17, 15) is 4.79 Å². The van der Waals surface area contributed by atoms with Crippen LogP contribution in [0, 0.1) is 0 Å². The molecule has 1 fully saturated rings. The van der Waals surface area contributed by atoms with Crippen LogP contribution in [-0.4, -0.2) is 24.6 Å². The van der Waals surface area contributed by atoms with Crippen LogP contribution < -0.4 is 15.8 Å². The lowest BCUT2D eigenvalue weighted by molar-refractivity contribution is 0.0929. The molecule has 1 heterocycles. The van der Waals surface area contributed by atoms with Crippen molar-refractivity contribution in [3.63, 3.8) is 0 Å². The Balaban J connectivity index is 1.65. The molecule has 0 saturated heterocycles. The second-order valence-electron chi connectivity index (χ2n) is 5.32. The fraction of sp³-hybridized carbons (Fsp3) is 0.500. The number of fused-ring (bicyclic) bond motifs is 1. The van der Waals surface area contributed by atoms with Gasteiger partial charge in [-0.1, -0.05) is 0 Å². The predicted octanol–water partition coefficient (Wildman–Crippen LogP) is 1.23.